The summed E-state index contributed by atoms with van der Waals surface area (Å²) in [5, 5.41) is 22.0. The zero-order valence-electron chi connectivity index (χ0n) is 21.2. The lowest BCUT2D eigenvalue weighted by atomic mass is 9.78. The Morgan fingerprint density at radius 2 is 1.78 bits per heavy atom. The minimum atomic E-state index is -1.03. The molecule has 36 heavy (non-hydrogen) atoms. The van der Waals surface area contributed by atoms with E-state index >= 15 is 0 Å². The van der Waals surface area contributed by atoms with Gasteiger partial charge in [0.25, 0.3) is 0 Å². The molecule has 0 saturated carbocycles. The maximum absolute atomic E-state index is 11.8. The van der Waals surface area contributed by atoms with Gasteiger partial charge in [0.15, 0.2) is 23.0 Å². The molecule has 10 heteroatoms. The number of hydrogen-bond donors (Lipinski definition) is 0. The van der Waals surface area contributed by atoms with Crippen molar-refractivity contribution in [1.29, 1.82) is 5.26 Å². The number of nitriles is 1. The van der Waals surface area contributed by atoms with Crippen molar-refractivity contribution in [2.24, 2.45) is 0 Å². The molecule has 0 spiro atoms. The molecule has 10 nitrogen and oxygen atoms in total. The topological polar surface area (TPSA) is 122 Å². The van der Waals surface area contributed by atoms with Crippen molar-refractivity contribution in [3.05, 3.63) is 46.0 Å². The molecule has 0 saturated heterocycles. The summed E-state index contributed by atoms with van der Waals surface area (Å²) in [4.78, 5) is 11.5. The first-order valence-corrected chi connectivity index (χ1v) is 11.6. The molecule has 194 valence electrons. The highest BCUT2D eigenvalue weighted by Crippen LogP contribution is 2.50. The first-order valence-electron chi connectivity index (χ1n) is 11.6. The summed E-state index contributed by atoms with van der Waals surface area (Å²) in [5.41, 5.74) is -0.469. The first kappa shape index (κ1) is 26.7. The van der Waals surface area contributed by atoms with Crippen LogP contribution in [0.2, 0.25) is 0 Å². The number of nitro groups is 1. The van der Waals surface area contributed by atoms with Gasteiger partial charge in [-0.3, -0.25) is 10.1 Å². The van der Waals surface area contributed by atoms with E-state index in [0.717, 1.165) is 0 Å². The number of para-hydroxylation sites is 2. The Hall–Kier alpha value is -3.87. The quantitative estimate of drug-likeness (QED) is 0.305. The maximum atomic E-state index is 11.8. The SMILES string of the molecule is COc1cc(C(C)(C#N)CCCC(CC2COc3ccccc3O2)[N+](=O)[O-])c(OC)c(OC)c1OC. The fourth-order valence-corrected chi connectivity index (χ4v) is 4.48. The molecule has 2 aromatic rings. The monoisotopic (exact) mass is 500 g/mol. The van der Waals surface area contributed by atoms with Gasteiger partial charge in [-0.2, -0.15) is 5.26 Å². The minimum absolute atomic E-state index is 0.206. The number of fused-ring (bicyclic) bond motifs is 1. The van der Waals surface area contributed by atoms with Gasteiger partial charge in [-0.05, 0) is 38.0 Å². The summed E-state index contributed by atoms with van der Waals surface area (Å²) in [6.45, 7) is 2.02. The van der Waals surface area contributed by atoms with Crippen LogP contribution in [0.4, 0.5) is 0 Å². The van der Waals surface area contributed by atoms with E-state index in [9.17, 15) is 15.4 Å². The minimum Gasteiger partial charge on any atom is -0.493 e. The zero-order valence-corrected chi connectivity index (χ0v) is 21.2. The Bertz CT molecular complexity index is 1120. The number of nitrogens with zero attached hydrogens (tertiary/aromatic N) is 2. The summed E-state index contributed by atoms with van der Waals surface area (Å²) < 4.78 is 33.6. The second kappa shape index (κ2) is 11.7. The van der Waals surface area contributed by atoms with Crippen molar-refractivity contribution >= 4 is 0 Å². The fraction of sp³-hybridized carbons (Fsp3) is 0.500. The van der Waals surface area contributed by atoms with Crippen LogP contribution in [0.3, 0.4) is 0 Å². The summed E-state index contributed by atoms with van der Waals surface area (Å²) in [6, 6.07) is 10.5. The molecule has 3 unspecified atom stereocenters. The van der Waals surface area contributed by atoms with Crippen LogP contribution in [-0.4, -0.2) is 52.1 Å². The van der Waals surface area contributed by atoms with Crippen LogP contribution in [0.25, 0.3) is 0 Å². The third-order valence-electron chi connectivity index (χ3n) is 6.44. The van der Waals surface area contributed by atoms with Crippen molar-refractivity contribution in [3.63, 3.8) is 0 Å². The Kier molecular flexibility index (Phi) is 8.69. The molecule has 0 amide bonds. The van der Waals surface area contributed by atoms with Crippen LogP contribution in [0, 0.1) is 21.4 Å². The Balaban J connectivity index is 1.75. The molecule has 0 fully saturated rings. The van der Waals surface area contributed by atoms with Crippen molar-refractivity contribution in [1.82, 2.24) is 0 Å². The average molecular weight is 501 g/mol. The van der Waals surface area contributed by atoms with Crippen LogP contribution >= 0.6 is 0 Å². The van der Waals surface area contributed by atoms with Crippen LogP contribution in [0.1, 0.15) is 38.2 Å². The van der Waals surface area contributed by atoms with Crippen LogP contribution < -0.4 is 28.4 Å². The van der Waals surface area contributed by atoms with Gasteiger partial charge in [0.2, 0.25) is 17.5 Å². The van der Waals surface area contributed by atoms with Crippen molar-refractivity contribution in [2.45, 2.75) is 50.2 Å². The smallest absolute Gasteiger partial charge is 0.216 e. The predicted molar refractivity (Wildman–Crippen MR) is 131 cm³/mol. The molecule has 1 aliphatic rings. The molecule has 0 aliphatic carbocycles. The average Bonchev–Trinajstić information content (AvgIpc) is 2.90. The highest BCUT2D eigenvalue weighted by atomic mass is 16.6. The number of benzene rings is 2. The molecule has 0 N–H and O–H groups in total. The van der Waals surface area contributed by atoms with Gasteiger partial charge in [0.05, 0.1) is 46.3 Å². The van der Waals surface area contributed by atoms with Gasteiger partial charge < -0.3 is 28.4 Å². The zero-order chi connectivity index (χ0) is 26.3. The van der Waals surface area contributed by atoms with Crippen molar-refractivity contribution < 1.29 is 33.3 Å². The molecule has 3 rings (SSSR count). The van der Waals surface area contributed by atoms with E-state index in [0.29, 0.717) is 52.9 Å². The molecule has 0 aromatic heterocycles. The molecular formula is C26H32N2O8. The Morgan fingerprint density at radius 1 is 1.11 bits per heavy atom. The number of ether oxygens (including phenoxy) is 6. The first-order chi connectivity index (χ1) is 17.3. The van der Waals surface area contributed by atoms with Gasteiger partial charge in [-0.15, -0.1) is 0 Å². The molecule has 0 bridgehead atoms. The van der Waals surface area contributed by atoms with Crippen molar-refractivity contribution in [3.8, 4) is 40.6 Å². The van der Waals surface area contributed by atoms with Crippen molar-refractivity contribution in [2.75, 3.05) is 35.0 Å². The lowest BCUT2D eigenvalue weighted by Crippen LogP contribution is -2.35. The maximum Gasteiger partial charge on any atom is 0.216 e. The van der Waals surface area contributed by atoms with E-state index in [-0.39, 0.29) is 24.4 Å². The summed E-state index contributed by atoms with van der Waals surface area (Å²) in [5.74, 6) is 2.64. The Labute approximate surface area is 210 Å². The van der Waals surface area contributed by atoms with E-state index in [2.05, 4.69) is 6.07 Å². The number of rotatable bonds is 12. The lowest BCUT2D eigenvalue weighted by molar-refractivity contribution is -0.526. The van der Waals surface area contributed by atoms with Gasteiger partial charge in [-0.1, -0.05) is 12.1 Å². The second-order valence-electron chi connectivity index (χ2n) is 8.73. The van der Waals surface area contributed by atoms with Crippen LogP contribution in [0.5, 0.6) is 34.5 Å². The standard InChI is InChI=1S/C26H32N2O8/c1-26(16-27,19-14-22(31-2)24(33-4)25(34-5)23(19)32-3)12-8-9-17(28(29)30)13-18-15-35-20-10-6-7-11-21(20)36-18/h6-7,10-11,14,17-18H,8-9,12-13,15H2,1-5H3. The molecule has 1 aliphatic heterocycles. The van der Waals surface area contributed by atoms with E-state index in [1.54, 1.807) is 25.1 Å². The molecule has 2 aromatic carbocycles. The van der Waals surface area contributed by atoms with Gasteiger partial charge in [0.1, 0.15) is 12.7 Å². The highest BCUT2D eigenvalue weighted by molar-refractivity contribution is 5.65. The second-order valence-corrected chi connectivity index (χ2v) is 8.73. The molecule has 0 radical (unpaired) electrons. The third-order valence-corrected chi connectivity index (χ3v) is 6.44. The van der Waals surface area contributed by atoms with E-state index < -0.39 is 17.6 Å². The molecule has 3 atom stereocenters. The van der Waals surface area contributed by atoms with Crippen LogP contribution in [0.15, 0.2) is 30.3 Å². The fourth-order valence-electron chi connectivity index (χ4n) is 4.48. The summed E-state index contributed by atoms with van der Waals surface area (Å²) >= 11 is 0. The van der Waals surface area contributed by atoms with Gasteiger partial charge in [-0.25, -0.2) is 0 Å². The molecular weight excluding hydrogens is 468 g/mol. The number of hydrogen-bond acceptors (Lipinski definition) is 9. The molecule has 1 heterocycles. The largest absolute Gasteiger partial charge is 0.493 e. The van der Waals surface area contributed by atoms with Gasteiger partial charge in [0, 0.05) is 16.9 Å². The van der Waals surface area contributed by atoms with E-state index in [1.165, 1.54) is 28.4 Å². The Morgan fingerprint density at radius 3 is 2.36 bits per heavy atom. The third kappa shape index (κ3) is 5.51. The highest BCUT2D eigenvalue weighted by Gasteiger charge is 2.36. The van der Waals surface area contributed by atoms with E-state index in [4.69, 9.17) is 28.4 Å². The normalized spacial score (nSPS) is 16.7. The summed E-state index contributed by atoms with van der Waals surface area (Å²) in [6.07, 6.45) is 0.845. The lowest BCUT2D eigenvalue weighted by Gasteiger charge is -2.28. The van der Waals surface area contributed by atoms with Crippen LogP contribution in [-0.2, 0) is 5.41 Å². The summed E-state index contributed by atoms with van der Waals surface area (Å²) in [7, 11) is 5.94. The van der Waals surface area contributed by atoms with E-state index in [1.807, 2.05) is 12.1 Å². The predicted octanol–water partition coefficient (Wildman–Crippen LogP) is 4.55. The van der Waals surface area contributed by atoms with Gasteiger partial charge >= 0.3 is 0 Å². The number of methoxy groups -OCH3 is 4.